The molecule has 0 unspecified atom stereocenters. The average molecular weight is 342 g/mol. The molecular formula is C19H18O6. The molecule has 0 saturated carbocycles. The van der Waals surface area contributed by atoms with Gasteiger partial charge in [0.05, 0.1) is 11.7 Å². The van der Waals surface area contributed by atoms with Crippen LogP contribution in [0.1, 0.15) is 23.2 Å². The Morgan fingerprint density at radius 1 is 1.04 bits per heavy atom. The van der Waals surface area contributed by atoms with Gasteiger partial charge in [-0.2, -0.15) is 0 Å². The van der Waals surface area contributed by atoms with Gasteiger partial charge >= 0.3 is 5.97 Å². The van der Waals surface area contributed by atoms with Crippen LogP contribution in [0, 0.1) is 0 Å². The van der Waals surface area contributed by atoms with Crippen molar-refractivity contribution in [3.63, 3.8) is 0 Å². The first-order valence-corrected chi connectivity index (χ1v) is 8.24. The Bertz CT molecular complexity index is 749. The van der Waals surface area contributed by atoms with Crippen LogP contribution in [-0.4, -0.2) is 32.1 Å². The molecule has 6 nitrogen and oxygen atoms in total. The maximum atomic E-state index is 12.2. The monoisotopic (exact) mass is 342 g/mol. The highest BCUT2D eigenvalue weighted by atomic mass is 16.7. The number of hydrogen-bond donors (Lipinski definition) is 0. The van der Waals surface area contributed by atoms with Gasteiger partial charge in [-0.15, -0.1) is 0 Å². The SMILES string of the molecule is O=C(Oc1ccc2c(c1)OCO2)c1ccc(OC[C@H]2CCCO2)cc1. The number of carbonyl (C=O) groups is 1. The Morgan fingerprint density at radius 2 is 1.84 bits per heavy atom. The van der Waals surface area contributed by atoms with E-state index in [9.17, 15) is 4.79 Å². The third kappa shape index (κ3) is 3.69. The molecule has 0 radical (unpaired) electrons. The molecule has 6 heteroatoms. The fourth-order valence-electron chi connectivity index (χ4n) is 2.76. The molecule has 2 heterocycles. The molecule has 1 saturated heterocycles. The van der Waals surface area contributed by atoms with Crippen molar-refractivity contribution in [2.45, 2.75) is 18.9 Å². The van der Waals surface area contributed by atoms with Crippen LogP contribution < -0.4 is 18.9 Å². The Labute approximate surface area is 145 Å². The first-order chi connectivity index (χ1) is 12.3. The molecular weight excluding hydrogens is 324 g/mol. The summed E-state index contributed by atoms with van der Waals surface area (Å²) in [5.74, 6) is 1.89. The minimum Gasteiger partial charge on any atom is -0.491 e. The van der Waals surface area contributed by atoms with Crippen molar-refractivity contribution in [2.24, 2.45) is 0 Å². The van der Waals surface area contributed by atoms with Crippen molar-refractivity contribution in [1.82, 2.24) is 0 Å². The maximum Gasteiger partial charge on any atom is 0.343 e. The zero-order valence-corrected chi connectivity index (χ0v) is 13.6. The van der Waals surface area contributed by atoms with E-state index in [1.54, 1.807) is 42.5 Å². The fourth-order valence-corrected chi connectivity index (χ4v) is 2.76. The van der Waals surface area contributed by atoms with Crippen molar-refractivity contribution in [3.05, 3.63) is 48.0 Å². The van der Waals surface area contributed by atoms with Crippen LogP contribution in [0.4, 0.5) is 0 Å². The van der Waals surface area contributed by atoms with Crippen molar-refractivity contribution in [2.75, 3.05) is 20.0 Å². The highest BCUT2D eigenvalue weighted by molar-refractivity contribution is 5.91. The Balaban J connectivity index is 1.35. The van der Waals surface area contributed by atoms with Gasteiger partial charge in [-0.25, -0.2) is 4.79 Å². The van der Waals surface area contributed by atoms with E-state index in [4.69, 9.17) is 23.7 Å². The quantitative estimate of drug-likeness (QED) is 0.614. The molecule has 130 valence electrons. The highest BCUT2D eigenvalue weighted by Gasteiger charge is 2.17. The highest BCUT2D eigenvalue weighted by Crippen LogP contribution is 2.35. The second-order valence-electron chi connectivity index (χ2n) is 5.87. The number of hydrogen-bond acceptors (Lipinski definition) is 6. The van der Waals surface area contributed by atoms with E-state index in [2.05, 4.69) is 0 Å². The predicted octanol–water partition coefficient (Wildman–Crippen LogP) is 3.19. The normalized spacial score (nSPS) is 18.2. The smallest absolute Gasteiger partial charge is 0.343 e. The van der Waals surface area contributed by atoms with Gasteiger partial charge in [0.15, 0.2) is 11.5 Å². The van der Waals surface area contributed by atoms with Crippen LogP contribution in [0.25, 0.3) is 0 Å². The van der Waals surface area contributed by atoms with E-state index in [1.807, 2.05) is 0 Å². The number of rotatable bonds is 5. The van der Waals surface area contributed by atoms with Crippen LogP contribution in [0.3, 0.4) is 0 Å². The second-order valence-corrected chi connectivity index (χ2v) is 5.87. The van der Waals surface area contributed by atoms with Gasteiger partial charge in [-0.1, -0.05) is 0 Å². The number of benzene rings is 2. The molecule has 2 aliphatic heterocycles. The van der Waals surface area contributed by atoms with E-state index in [0.29, 0.717) is 35.2 Å². The molecule has 0 bridgehead atoms. The lowest BCUT2D eigenvalue weighted by Crippen LogP contribution is -2.16. The summed E-state index contributed by atoms with van der Waals surface area (Å²) in [4.78, 5) is 12.2. The first-order valence-electron chi connectivity index (χ1n) is 8.24. The fraction of sp³-hybridized carbons (Fsp3) is 0.316. The van der Waals surface area contributed by atoms with Crippen LogP contribution in [0.5, 0.6) is 23.0 Å². The van der Waals surface area contributed by atoms with E-state index in [-0.39, 0.29) is 12.9 Å². The maximum absolute atomic E-state index is 12.2. The van der Waals surface area contributed by atoms with Crippen molar-refractivity contribution >= 4 is 5.97 Å². The summed E-state index contributed by atoms with van der Waals surface area (Å²) in [6.07, 6.45) is 2.27. The molecule has 0 spiro atoms. The molecule has 1 fully saturated rings. The molecule has 0 amide bonds. The van der Waals surface area contributed by atoms with E-state index >= 15 is 0 Å². The third-order valence-electron chi connectivity index (χ3n) is 4.10. The van der Waals surface area contributed by atoms with Gasteiger partial charge in [0.25, 0.3) is 0 Å². The average Bonchev–Trinajstić information content (AvgIpc) is 3.31. The van der Waals surface area contributed by atoms with E-state index in [1.165, 1.54) is 0 Å². The Hall–Kier alpha value is -2.73. The second kappa shape index (κ2) is 7.03. The predicted molar refractivity (Wildman–Crippen MR) is 88.4 cm³/mol. The number of ether oxygens (including phenoxy) is 5. The summed E-state index contributed by atoms with van der Waals surface area (Å²) < 4.78 is 27.1. The van der Waals surface area contributed by atoms with Crippen LogP contribution >= 0.6 is 0 Å². The molecule has 4 rings (SSSR count). The van der Waals surface area contributed by atoms with Gasteiger partial charge in [0, 0.05) is 12.7 Å². The molecule has 1 atom stereocenters. The lowest BCUT2D eigenvalue weighted by Gasteiger charge is -2.11. The zero-order valence-electron chi connectivity index (χ0n) is 13.6. The molecule has 25 heavy (non-hydrogen) atoms. The lowest BCUT2D eigenvalue weighted by atomic mass is 10.2. The largest absolute Gasteiger partial charge is 0.491 e. The summed E-state index contributed by atoms with van der Waals surface area (Å²) in [7, 11) is 0. The number of esters is 1. The third-order valence-corrected chi connectivity index (χ3v) is 4.10. The minimum absolute atomic E-state index is 0.163. The molecule has 0 aromatic heterocycles. The van der Waals surface area contributed by atoms with Gasteiger partial charge in [0.2, 0.25) is 6.79 Å². The van der Waals surface area contributed by atoms with Gasteiger partial charge in [-0.05, 0) is 49.2 Å². The first kappa shape index (κ1) is 15.8. The summed E-state index contributed by atoms with van der Waals surface area (Å²) in [6, 6.07) is 11.9. The Morgan fingerprint density at radius 3 is 2.64 bits per heavy atom. The van der Waals surface area contributed by atoms with E-state index < -0.39 is 5.97 Å². The Kier molecular flexibility index (Phi) is 4.43. The van der Waals surface area contributed by atoms with E-state index in [0.717, 1.165) is 19.4 Å². The van der Waals surface area contributed by atoms with Crippen molar-refractivity contribution in [3.8, 4) is 23.0 Å². The van der Waals surface area contributed by atoms with Crippen molar-refractivity contribution < 1.29 is 28.5 Å². The molecule has 0 N–H and O–H groups in total. The molecule has 0 aliphatic carbocycles. The van der Waals surface area contributed by atoms with Crippen LogP contribution in [0.15, 0.2) is 42.5 Å². The molecule has 2 aliphatic rings. The summed E-state index contributed by atoms with van der Waals surface area (Å²) in [5, 5.41) is 0. The minimum atomic E-state index is -0.440. The molecule has 2 aromatic rings. The summed E-state index contributed by atoms with van der Waals surface area (Å²) >= 11 is 0. The van der Waals surface area contributed by atoms with Crippen molar-refractivity contribution in [1.29, 1.82) is 0 Å². The number of fused-ring (bicyclic) bond motifs is 1. The summed E-state index contributed by atoms with van der Waals surface area (Å²) in [5.41, 5.74) is 0.446. The van der Waals surface area contributed by atoms with Crippen LogP contribution in [-0.2, 0) is 4.74 Å². The number of carbonyl (C=O) groups excluding carboxylic acids is 1. The van der Waals surface area contributed by atoms with Crippen LogP contribution in [0.2, 0.25) is 0 Å². The lowest BCUT2D eigenvalue weighted by molar-refractivity contribution is 0.0678. The van der Waals surface area contributed by atoms with Gasteiger partial charge in [0.1, 0.15) is 18.1 Å². The topological polar surface area (TPSA) is 63.2 Å². The molecule has 2 aromatic carbocycles. The standard InChI is InChI=1S/C19H18O6/c20-19(25-15-7-8-17-18(10-15)24-12-23-17)13-3-5-14(6-4-13)22-11-16-2-1-9-21-16/h3-8,10,16H,1-2,9,11-12H2/t16-/m1/s1. The summed E-state index contributed by atoms with van der Waals surface area (Å²) in [6.45, 7) is 1.51. The zero-order chi connectivity index (χ0) is 17.1. The van der Waals surface area contributed by atoms with Gasteiger partial charge < -0.3 is 23.7 Å². The van der Waals surface area contributed by atoms with Gasteiger partial charge in [-0.3, -0.25) is 0 Å².